The minimum atomic E-state index is -0.550. The van der Waals surface area contributed by atoms with Crippen molar-refractivity contribution >= 4 is 17.6 Å². The Labute approximate surface area is 103 Å². The first-order valence-electron chi connectivity index (χ1n) is 5.55. The van der Waals surface area contributed by atoms with Gasteiger partial charge in [0, 0.05) is 18.5 Å². The second kappa shape index (κ2) is 5.09. The van der Waals surface area contributed by atoms with Gasteiger partial charge in [0.05, 0.1) is 6.20 Å². The fourth-order valence-corrected chi connectivity index (χ4v) is 1.76. The van der Waals surface area contributed by atoms with Crippen LogP contribution in [0, 0.1) is 5.82 Å². The zero-order valence-corrected chi connectivity index (χ0v) is 9.57. The number of amides is 2. The summed E-state index contributed by atoms with van der Waals surface area (Å²) < 4.78 is 13.0. The molecule has 2 rings (SSSR count). The summed E-state index contributed by atoms with van der Waals surface area (Å²) in [7, 11) is 0. The van der Waals surface area contributed by atoms with Crippen LogP contribution in [-0.2, 0) is 16.1 Å². The fraction of sp³-hybridized carbons (Fsp3) is 0.364. The summed E-state index contributed by atoms with van der Waals surface area (Å²) in [6.07, 6.45) is 1.70. The maximum Gasteiger partial charge on any atom is 0.249 e. The molecule has 1 atom stereocenters. The summed E-state index contributed by atoms with van der Waals surface area (Å²) in [6.45, 7) is 0.111. The minimum absolute atomic E-state index is 0.111. The zero-order chi connectivity index (χ0) is 13.1. The summed E-state index contributed by atoms with van der Waals surface area (Å²) >= 11 is 0. The van der Waals surface area contributed by atoms with E-state index in [-0.39, 0.29) is 18.9 Å². The molecule has 96 valence electrons. The van der Waals surface area contributed by atoms with Crippen LogP contribution < -0.4 is 16.4 Å². The number of hydrogen-bond acceptors (Lipinski definition) is 5. The van der Waals surface area contributed by atoms with Crippen LogP contribution in [0.5, 0.6) is 0 Å². The molecule has 18 heavy (non-hydrogen) atoms. The van der Waals surface area contributed by atoms with Gasteiger partial charge in [-0.05, 0) is 12.5 Å². The molecule has 2 amide bonds. The summed E-state index contributed by atoms with van der Waals surface area (Å²) in [5, 5.41) is 5.10. The van der Waals surface area contributed by atoms with Crippen molar-refractivity contribution in [2.24, 2.45) is 5.73 Å². The average molecular weight is 252 g/mol. The van der Waals surface area contributed by atoms with E-state index < -0.39 is 17.8 Å². The molecule has 1 unspecified atom stereocenters. The molecule has 1 aliphatic rings. The fourth-order valence-electron chi connectivity index (χ4n) is 1.76. The number of carbonyl (C=O) groups is 2. The molecule has 0 aromatic carbocycles. The van der Waals surface area contributed by atoms with Gasteiger partial charge < -0.3 is 11.1 Å². The van der Waals surface area contributed by atoms with Gasteiger partial charge in [-0.25, -0.2) is 9.37 Å². The van der Waals surface area contributed by atoms with E-state index in [2.05, 4.69) is 15.6 Å². The predicted octanol–water partition coefficient (Wildman–Crippen LogP) is -0.104. The number of nitrogens with one attached hydrogen (secondary N) is 2. The third-order valence-electron chi connectivity index (χ3n) is 2.70. The lowest BCUT2D eigenvalue weighted by Crippen LogP contribution is -2.47. The van der Waals surface area contributed by atoms with Crippen LogP contribution in [0.2, 0.25) is 0 Å². The topological polar surface area (TPSA) is 97.1 Å². The van der Waals surface area contributed by atoms with Crippen molar-refractivity contribution in [1.29, 1.82) is 0 Å². The van der Waals surface area contributed by atoms with Crippen molar-refractivity contribution in [1.82, 2.24) is 10.3 Å². The number of halogens is 1. The molecule has 0 spiro atoms. The molecule has 1 saturated heterocycles. The Balaban J connectivity index is 2.14. The second-order valence-electron chi connectivity index (χ2n) is 4.01. The van der Waals surface area contributed by atoms with Gasteiger partial charge in [0.1, 0.15) is 17.7 Å². The van der Waals surface area contributed by atoms with Gasteiger partial charge in [0.2, 0.25) is 11.8 Å². The molecule has 6 nitrogen and oxygen atoms in total. The van der Waals surface area contributed by atoms with E-state index in [1.54, 1.807) is 0 Å². The van der Waals surface area contributed by atoms with Gasteiger partial charge in [-0.3, -0.25) is 14.9 Å². The number of pyridine rings is 1. The summed E-state index contributed by atoms with van der Waals surface area (Å²) in [5.74, 6) is -0.804. The normalized spacial score (nSPS) is 19.6. The Morgan fingerprint density at radius 3 is 3.00 bits per heavy atom. The smallest absolute Gasteiger partial charge is 0.249 e. The molecule has 0 aliphatic carbocycles. The number of carbonyl (C=O) groups excluding carboxylic acids is 2. The SMILES string of the molecule is NCc1cc(F)cnc1NC1CCC(=O)NC1=O. The van der Waals surface area contributed by atoms with Crippen molar-refractivity contribution in [3.8, 4) is 0 Å². The van der Waals surface area contributed by atoms with E-state index in [0.717, 1.165) is 6.20 Å². The van der Waals surface area contributed by atoms with E-state index in [1.807, 2.05) is 0 Å². The number of rotatable bonds is 3. The van der Waals surface area contributed by atoms with E-state index >= 15 is 0 Å². The van der Waals surface area contributed by atoms with E-state index in [4.69, 9.17) is 5.73 Å². The van der Waals surface area contributed by atoms with Crippen LogP contribution in [0.3, 0.4) is 0 Å². The summed E-state index contributed by atoms with van der Waals surface area (Å²) in [6, 6.07) is 0.715. The van der Waals surface area contributed by atoms with Gasteiger partial charge in [-0.15, -0.1) is 0 Å². The Morgan fingerprint density at radius 2 is 2.33 bits per heavy atom. The van der Waals surface area contributed by atoms with Crippen LogP contribution in [0.4, 0.5) is 10.2 Å². The van der Waals surface area contributed by atoms with Crippen molar-refractivity contribution in [3.05, 3.63) is 23.6 Å². The average Bonchev–Trinajstić information content (AvgIpc) is 2.34. The highest BCUT2D eigenvalue weighted by Gasteiger charge is 2.27. The van der Waals surface area contributed by atoms with Crippen LogP contribution in [0.25, 0.3) is 0 Å². The highest BCUT2D eigenvalue weighted by atomic mass is 19.1. The number of aromatic nitrogens is 1. The van der Waals surface area contributed by atoms with Crippen LogP contribution in [0.15, 0.2) is 12.3 Å². The maximum absolute atomic E-state index is 13.0. The molecule has 1 aliphatic heterocycles. The van der Waals surface area contributed by atoms with Gasteiger partial charge in [-0.2, -0.15) is 0 Å². The lowest BCUT2D eigenvalue weighted by Gasteiger charge is -2.23. The van der Waals surface area contributed by atoms with Gasteiger partial charge in [-0.1, -0.05) is 0 Å². The molecular weight excluding hydrogens is 239 g/mol. The first-order valence-corrected chi connectivity index (χ1v) is 5.55. The Morgan fingerprint density at radius 1 is 1.56 bits per heavy atom. The molecular formula is C11H13FN4O2. The largest absolute Gasteiger partial charge is 0.358 e. The molecule has 0 radical (unpaired) electrons. The van der Waals surface area contributed by atoms with E-state index in [1.165, 1.54) is 6.07 Å². The summed E-state index contributed by atoms with van der Waals surface area (Å²) in [5.41, 5.74) is 5.97. The Hall–Kier alpha value is -2.02. The molecule has 2 heterocycles. The molecule has 1 aromatic rings. The van der Waals surface area contributed by atoms with Crippen molar-refractivity contribution in [2.45, 2.75) is 25.4 Å². The second-order valence-corrected chi connectivity index (χ2v) is 4.01. The lowest BCUT2D eigenvalue weighted by atomic mass is 10.1. The first kappa shape index (κ1) is 12.4. The molecule has 1 aromatic heterocycles. The Kier molecular flexibility index (Phi) is 3.52. The number of anilines is 1. The standard InChI is InChI=1S/C11H13FN4O2/c12-7-3-6(4-13)10(14-5-7)15-8-1-2-9(17)16-11(8)18/h3,5,8H,1-2,4,13H2,(H,14,15)(H,16,17,18). The number of imide groups is 1. The van der Waals surface area contributed by atoms with Gasteiger partial charge in [0.25, 0.3) is 0 Å². The van der Waals surface area contributed by atoms with E-state index in [0.29, 0.717) is 17.8 Å². The van der Waals surface area contributed by atoms with Crippen LogP contribution in [0.1, 0.15) is 18.4 Å². The minimum Gasteiger partial charge on any atom is -0.358 e. The molecule has 0 saturated carbocycles. The number of piperidine rings is 1. The number of nitrogens with two attached hydrogens (primary N) is 1. The summed E-state index contributed by atoms with van der Waals surface area (Å²) in [4.78, 5) is 26.4. The zero-order valence-electron chi connectivity index (χ0n) is 9.57. The highest BCUT2D eigenvalue weighted by molar-refractivity contribution is 6.01. The van der Waals surface area contributed by atoms with Crippen molar-refractivity contribution < 1.29 is 14.0 Å². The third kappa shape index (κ3) is 2.62. The molecule has 1 fully saturated rings. The predicted molar refractivity (Wildman–Crippen MR) is 61.9 cm³/mol. The molecule has 4 N–H and O–H groups in total. The van der Waals surface area contributed by atoms with E-state index in [9.17, 15) is 14.0 Å². The maximum atomic E-state index is 13.0. The molecule has 0 bridgehead atoms. The van der Waals surface area contributed by atoms with Crippen molar-refractivity contribution in [3.63, 3.8) is 0 Å². The number of hydrogen-bond donors (Lipinski definition) is 3. The Bertz CT molecular complexity index is 492. The quantitative estimate of drug-likeness (QED) is 0.652. The number of nitrogens with zero attached hydrogens (tertiary/aromatic N) is 1. The highest BCUT2D eigenvalue weighted by Crippen LogP contribution is 2.16. The van der Waals surface area contributed by atoms with Crippen molar-refractivity contribution in [2.75, 3.05) is 5.32 Å². The lowest BCUT2D eigenvalue weighted by molar-refractivity contribution is -0.133. The third-order valence-corrected chi connectivity index (χ3v) is 2.70. The van der Waals surface area contributed by atoms with Gasteiger partial charge >= 0.3 is 0 Å². The van der Waals surface area contributed by atoms with Crippen LogP contribution >= 0.6 is 0 Å². The first-order chi connectivity index (χ1) is 8.60. The van der Waals surface area contributed by atoms with Gasteiger partial charge in [0.15, 0.2) is 0 Å². The van der Waals surface area contributed by atoms with Crippen LogP contribution in [-0.4, -0.2) is 22.8 Å². The monoisotopic (exact) mass is 252 g/mol. The molecule has 7 heteroatoms.